The second-order valence-electron chi connectivity index (χ2n) is 3.58. The number of rotatable bonds is 9. The third kappa shape index (κ3) is 6.30. The Bertz CT molecular complexity index is 501. The molecule has 5 nitrogen and oxygen atoms in total. The SMILES string of the molecule is C=CCOP(=O)(N/N=C/c1ccc(Br)cc1)OCC=C. The maximum Gasteiger partial charge on any atom is 0.448 e. The fraction of sp³-hybridized carbons (Fsp3) is 0.154. The van der Waals surface area contributed by atoms with Crippen LogP contribution in [0.15, 0.2) is 59.1 Å². The Morgan fingerprint density at radius 3 is 2.25 bits per heavy atom. The molecule has 0 bridgehead atoms. The largest absolute Gasteiger partial charge is 0.448 e. The minimum Gasteiger partial charge on any atom is -0.287 e. The predicted octanol–water partition coefficient (Wildman–Crippen LogP) is 3.89. The molecule has 20 heavy (non-hydrogen) atoms. The summed E-state index contributed by atoms with van der Waals surface area (Å²) >= 11 is 3.34. The van der Waals surface area contributed by atoms with E-state index in [1.54, 1.807) is 0 Å². The maximum atomic E-state index is 12.2. The van der Waals surface area contributed by atoms with Gasteiger partial charge in [-0.1, -0.05) is 40.2 Å². The van der Waals surface area contributed by atoms with Crippen molar-refractivity contribution in [3.63, 3.8) is 0 Å². The number of nitrogens with one attached hydrogen (secondary N) is 1. The zero-order chi connectivity index (χ0) is 14.8. The summed E-state index contributed by atoms with van der Waals surface area (Å²) in [5.74, 6) is 0. The molecule has 1 aromatic rings. The Kier molecular flexibility index (Phi) is 7.47. The van der Waals surface area contributed by atoms with Crippen molar-refractivity contribution in [1.29, 1.82) is 0 Å². The van der Waals surface area contributed by atoms with E-state index in [-0.39, 0.29) is 13.2 Å². The molecule has 1 N–H and O–H groups in total. The molecular weight excluding hydrogens is 343 g/mol. The highest BCUT2D eigenvalue weighted by Gasteiger charge is 2.22. The third-order valence-electron chi connectivity index (χ3n) is 1.99. The van der Waals surface area contributed by atoms with Gasteiger partial charge in [0, 0.05) is 4.47 Å². The average molecular weight is 359 g/mol. The lowest BCUT2D eigenvalue weighted by molar-refractivity contribution is 0.228. The Morgan fingerprint density at radius 2 is 1.75 bits per heavy atom. The van der Waals surface area contributed by atoms with Crippen LogP contribution in [0, 0.1) is 0 Å². The van der Waals surface area contributed by atoms with Crippen LogP contribution in [0.25, 0.3) is 0 Å². The molecule has 0 amide bonds. The monoisotopic (exact) mass is 358 g/mol. The van der Waals surface area contributed by atoms with Crippen molar-refractivity contribution in [1.82, 2.24) is 5.20 Å². The lowest BCUT2D eigenvalue weighted by Gasteiger charge is -2.15. The molecule has 0 heterocycles. The molecular formula is C13H16BrN2O3P. The lowest BCUT2D eigenvalue weighted by Crippen LogP contribution is -2.10. The van der Waals surface area contributed by atoms with Gasteiger partial charge in [-0.2, -0.15) is 5.10 Å². The summed E-state index contributed by atoms with van der Waals surface area (Å²) in [6.07, 6.45) is 4.47. The number of hydrogen-bond donors (Lipinski definition) is 1. The van der Waals surface area contributed by atoms with Crippen LogP contribution in [0.5, 0.6) is 0 Å². The van der Waals surface area contributed by atoms with Gasteiger partial charge in [0.1, 0.15) is 0 Å². The molecule has 0 radical (unpaired) electrons. The molecule has 0 aliphatic heterocycles. The van der Waals surface area contributed by atoms with E-state index in [9.17, 15) is 4.57 Å². The van der Waals surface area contributed by atoms with E-state index in [1.165, 1.54) is 18.4 Å². The topological polar surface area (TPSA) is 59.9 Å². The summed E-state index contributed by atoms with van der Waals surface area (Å²) in [4.78, 5) is 0. The first-order valence-electron chi connectivity index (χ1n) is 5.76. The van der Waals surface area contributed by atoms with Gasteiger partial charge in [0.25, 0.3) is 0 Å². The highest BCUT2D eigenvalue weighted by Crippen LogP contribution is 2.43. The van der Waals surface area contributed by atoms with Crippen LogP contribution in [0.3, 0.4) is 0 Å². The number of halogens is 1. The van der Waals surface area contributed by atoms with Gasteiger partial charge in [0.05, 0.1) is 19.4 Å². The van der Waals surface area contributed by atoms with Crippen molar-refractivity contribution in [2.45, 2.75) is 0 Å². The molecule has 0 aliphatic rings. The number of hydrogen-bond acceptors (Lipinski definition) is 4. The Morgan fingerprint density at radius 1 is 1.20 bits per heavy atom. The predicted molar refractivity (Wildman–Crippen MR) is 84.8 cm³/mol. The fourth-order valence-electron chi connectivity index (χ4n) is 1.12. The maximum absolute atomic E-state index is 12.2. The number of hydrazone groups is 1. The summed E-state index contributed by atoms with van der Waals surface area (Å²) < 4.78 is 23.3. The van der Waals surface area contributed by atoms with Gasteiger partial charge in [-0.15, -0.1) is 13.2 Å². The highest BCUT2D eigenvalue weighted by molar-refractivity contribution is 9.10. The molecule has 7 heteroatoms. The van der Waals surface area contributed by atoms with Gasteiger partial charge < -0.3 is 0 Å². The minimum atomic E-state index is -3.50. The van der Waals surface area contributed by atoms with Crippen LogP contribution in [0.2, 0.25) is 0 Å². The van der Waals surface area contributed by atoms with E-state index in [2.05, 4.69) is 39.4 Å². The van der Waals surface area contributed by atoms with Crippen LogP contribution in [0.4, 0.5) is 0 Å². The molecule has 0 atom stereocenters. The molecule has 108 valence electrons. The Hall–Kier alpha value is -1.20. The summed E-state index contributed by atoms with van der Waals surface area (Å²) in [5, 5.41) is 6.28. The van der Waals surface area contributed by atoms with E-state index >= 15 is 0 Å². The molecule has 1 aromatic carbocycles. The first-order chi connectivity index (χ1) is 9.59. The highest BCUT2D eigenvalue weighted by atomic mass is 79.9. The van der Waals surface area contributed by atoms with Gasteiger partial charge >= 0.3 is 7.75 Å². The molecule has 1 rings (SSSR count). The van der Waals surface area contributed by atoms with Gasteiger partial charge in [-0.25, -0.2) is 9.76 Å². The second kappa shape index (κ2) is 8.87. The summed E-state index contributed by atoms with van der Waals surface area (Å²) in [7, 11) is -3.50. The van der Waals surface area contributed by atoms with Gasteiger partial charge in [-0.3, -0.25) is 9.05 Å². The second-order valence-corrected chi connectivity index (χ2v) is 6.20. The van der Waals surface area contributed by atoms with Crippen molar-refractivity contribution >= 4 is 29.9 Å². The van der Waals surface area contributed by atoms with Crippen LogP contribution in [0.1, 0.15) is 5.56 Å². The lowest BCUT2D eigenvalue weighted by atomic mass is 10.2. The standard InChI is InChI=1S/C13H16BrN2O3P/c1-3-9-18-20(17,19-10-4-2)16-15-11-12-5-7-13(14)8-6-12/h3-8,11H,1-2,9-10H2,(H,16,17)/b15-11+. The van der Waals surface area contributed by atoms with Gasteiger partial charge in [0.2, 0.25) is 0 Å². The van der Waals surface area contributed by atoms with E-state index in [0.29, 0.717) is 0 Å². The third-order valence-corrected chi connectivity index (χ3v) is 3.86. The van der Waals surface area contributed by atoms with Crippen LogP contribution in [-0.4, -0.2) is 19.4 Å². The molecule has 0 spiro atoms. The Labute approximate surface area is 127 Å². The summed E-state index contributed by atoms with van der Waals surface area (Å²) in [6.45, 7) is 7.16. The van der Waals surface area contributed by atoms with E-state index < -0.39 is 7.75 Å². The molecule has 0 aromatic heterocycles. The van der Waals surface area contributed by atoms with E-state index in [4.69, 9.17) is 9.05 Å². The Balaban J connectivity index is 2.64. The van der Waals surface area contributed by atoms with Crippen molar-refractivity contribution in [2.24, 2.45) is 5.10 Å². The van der Waals surface area contributed by atoms with Crippen LogP contribution in [-0.2, 0) is 13.6 Å². The number of nitrogens with zero attached hydrogens (tertiary/aromatic N) is 1. The summed E-state index contributed by atoms with van der Waals surface area (Å²) in [6, 6.07) is 7.47. The van der Waals surface area contributed by atoms with E-state index in [0.717, 1.165) is 10.0 Å². The quantitative estimate of drug-likeness (QED) is 0.315. The van der Waals surface area contributed by atoms with Crippen LogP contribution >= 0.6 is 23.7 Å². The fourth-order valence-corrected chi connectivity index (χ4v) is 2.38. The van der Waals surface area contributed by atoms with Crippen molar-refractivity contribution in [2.75, 3.05) is 13.2 Å². The molecule has 0 saturated carbocycles. The first-order valence-corrected chi connectivity index (χ1v) is 8.10. The average Bonchev–Trinajstić information content (AvgIpc) is 2.45. The molecule has 0 aliphatic carbocycles. The summed E-state index contributed by atoms with van der Waals surface area (Å²) in [5.41, 5.74) is 0.847. The van der Waals surface area contributed by atoms with Crippen LogP contribution < -0.4 is 5.20 Å². The zero-order valence-electron chi connectivity index (χ0n) is 10.9. The van der Waals surface area contributed by atoms with Gasteiger partial charge in [0.15, 0.2) is 0 Å². The first kappa shape index (κ1) is 16.9. The normalized spacial score (nSPS) is 11.4. The number of benzene rings is 1. The van der Waals surface area contributed by atoms with Gasteiger partial charge in [-0.05, 0) is 17.7 Å². The molecule has 0 saturated heterocycles. The van der Waals surface area contributed by atoms with Crippen molar-refractivity contribution in [3.05, 3.63) is 59.6 Å². The van der Waals surface area contributed by atoms with Crippen molar-refractivity contribution < 1.29 is 13.6 Å². The molecule has 0 unspecified atom stereocenters. The van der Waals surface area contributed by atoms with E-state index in [1.807, 2.05) is 24.3 Å². The molecule has 0 fully saturated rings. The zero-order valence-corrected chi connectivity index (χ0v) is 13.3. The van der Waals surface area contributed by atoms with Crippen molar-refractivity contribution in [3.8, 4) is 0 Å². The smallest absolute Gasteiger partial charge is 0.287 e. The minimum absolute atomic E-state index is 0.0925.